The van der Waals surface area contributed by atoms with E-state index in [4.69, 9.17) is 0 Å². The third-order valence-electron chi connectivity index (χ3n) is 8.14. The monoisotopic (exact) mass is 643 g/mol. The van der Waals surface area contributed by atoms with Crippen molar-refractivity contribution in [3.8, 4) is 12.1 Å². The highest BCUT2D eigenvalue weighted by Gasteiger charge is 2.67. The fraction of sp³-hybridized carbons (Fsp3) is 0.364. The molecule has 0 amide bonds. The van der Waals surface area contributed by atoms with Crippen LogP contribution in [0.1, 0.15) is 58.6 Å². The molecule has 4 N–H and O–H groups in total. The topological polar surface area (TPSA) is 143 Å². The van der Waals surface area contributed by atoms with Crippen molar-refractivity contribution in [2.45, 2.75) is 65.2 Å². The summed E-state index contributed by atoms with van der Waals surface area (Å²) < 4.78 is 43.7. The molecule has 1 fully saturated rings. The maximum absolute atomic E-state index is 14.1. The van der Waals surface area contributed by atoms with Crippen LogP contribution in [-0.2, 0) is 0 Å². The highest BCUT2D eigenvalue weighted by Crippen LogP contribution is 2.53. The smallest absolute Gasteiger partial charge is 0.383 e. The van der Waals surface area contributed by atoms with Gasteiger partial charge in [-0.25, -0.2) is 9.67 Å². The molecule has 11 nitrogen and oxygen atoms in total. The number of nitrogens with one attached hydrogen (secondary N) is 4. The third kappa shape index (κ3) is 6.50. The van der Waals surface area contributed by atoms with Gasteiger partial charge in [0, 0.05) is 30.0 Å². The standard InChI is InChI=1S/C33H36F3N11/c1-7-8-27(46-19-39-18-42-46)20(2)21(3)28(26-16-47(45-44-26)32(9-10-32)33(34,35)36)43-24-11-22(13-37)29-25(12-24)30(23(14-38)15-40-29)41-17-31(4,5)6/h7-8,11-12,15-16,18-19,28,43-45H,3,9-10,17H2,1-2,4-6H3,(H,40,41)/b8-7-,27-20+/t28-/m0/s1. The van der Waals surface area contributed by atoms with E-state index in [1.165, 1.54) is 18.7 Å². The Balaban J connectivity index is 1.64. The van der Waals surface area contributed by atoms with Crippen molar-refractivity contribution in [1.82, 2.24) is 35.7 Å². The van der Waals surface area contributed by atoms with E-state index in [1.54, 1.807) is 23.1 Å². The van der Waals surface area contributed by atoms with Gasteiger partial charge in [0.15, 0.2) is 5.54 Å². The second-order valence-electron chi connectivity index (χ2n) is 12.8. The number of allylic oxidation sites excluding steroid dienone is 3. The van der Waals surface area contributed by atoms with Gasteiger partial charge in [-0.1, -0.05) is 33.4 Å². The van der Waals surface area contributed by atoms with Crippen molar-refractivity contribution < 1.29 is 13.2 Å². The maximum atomic E-state index is 14.1. The third-order valence-corrected chi connectivity index (χ3v) is 8.14. The quantitative estimate of drug-likeness (QED) is 0.191. The molecule has 0 unspecified atom stereocenters. The Hall–Kier alpha value is -5.34. The van der Waals surface area contributed by atoms with Crippen LogP contribution in [0.25, 0.3) is 16.6 Å². The molecular formula is C33H36F3N11. The number of anilines is 2. The minimum atomic E-state index is -4.45. The van der Waals surface area contributed by atoms with Gasteiger partial charge in [0.2, 0.25) is 0 Å². The lowest BCUT2D eigenvalue weighted by molar-refractivity contribution is -0.195. The molecular weight excluding hydrogens is 607 g/mol. The summed E-state index contributed by atoms with van der Waals surface area (Å²) in [5, 5.41) is 32.7. The SMILES string of the molecule is C=C(/C(C)=C(\C=C/C)n1cncn1)[C@H](Nc1cc(C#N)c2ncc(C#N)c(NCC(C)(C)C)c2c1)C1=CN(C2(C(F)(F)F)CC2)NN1. The van der Waals surface area contributed by atoms with Crippen LogP contribution in [0.5, 0.6) is 0 Å². The van der Waals surface area contributed by atoms with Gasteiger partial charge in [-0.2, -0.15) is 28.8 Å². The molecule has 5 rings (SSSR count). The largest absolute Gasteiger partial charge is 0.413 e. The number of halogens is 3. The average molecular weight is 644 g/mol. The Morgan fingerprint density at radius 1 is 1.19 bits per heavy atom. The fourth-order valence-corrected chi connectivity index (χ4v) is 5.35. The van der Waals surface area contributed by atoms with Crippen LogP contribution in [0.2, 0.25) is 0 Å². The minimum absolute atomic E-state index is 0.0422. The first-order valence-corrected chi connectivity index (χ1v) is 15.0. The highest BCUT2D eigenvalue weighted by molar-refractivity contribution is 5.99. The Kier molecular flexibility index (Phi) is 8.75. The van der Waals surface area contributed by atoms with Gasteiger partial charge in [0.25, 0.3) is 0 Å². The number of rotatable bonds is 10. The molecule has 1 atom stereocenters. The number of alkyl halides is 3. The van der Waals surface area contributed by atoms with E-state index >= 15 is 0 Å². The minimum Gasteiger partial charge on any atom is -0.383 e. The zero-order valence-electron chi connectivity index (χ0n) is 26.8. The lowest BCUT2D eigenvalue weighted by Crippen LogP contribution is -2.52. The molecule has 1 saturated carbocycles. The maximum Gasteiger partial charge on any atom is 0.413 e. The second kappa shape index (κ2) is 12.5. The first-order chi connectivity index (χ1) is 22.2. The van der Waals surface area contributed by atoms with E-state index in [0.717, 1.165) is 5.01 Å². The van der Waals surface area contributed by atoms with Crippen molar-refractivity contribution in [2.24, 2.45) is 5.41 Å². The molecule has 47 heavy (non-hydrogen) atoms. The average Bonchev–Trinajstić information content (AvgIpc) is 3.42. The molecule has 1 aliphatic carbocycles. The molecule has 0 radical (unpaired) electrons. The van der Waals surface area contributed by atoms with Gasteiger partial charge < -0.3 is 16.1 Å². The number of nitrogens with zero attached hydrogens (tertiary/aromatic N) is 7. The number of pyridine rings is 1. The molecule has 2 aliphatic rings. The number of hydrazine groups is 2. The summed E-state index contributed by atoms with van der Waals surface area (Å²) in [4.78, 5) is 8.47. The molecule has 14 heteroatoms. The predicted molar refractivity (Wildman–Crippen MR) is 174 cm³/mol. The van der Waals surface area contributed by atoms with Crippen LogP contribution < -0.4 is 21.6 Å². The van der Waals surface area contributed by atoms with Gasteiger partial charge in [0.1, 0.15) is 24.8 Å². The number of hydrogen-bond acceptors (Lipinski definition) is 10. The van der Waals surface area contributed by atoms with E-state index in [2.05, 4.69) is 76.1 Å². The highest BCUT2D eigenvalue weighted by atomic mass is 19.4. The first kappa shape index (κ1) is 33.0. The van der Waals surface area contributed by atoms with Crippen LogP contribution in [0.3, 0.4) is 0 Å². The zero-order valence-corrected chi connectivity index (χ0v) is 26.8. The molecule has 0 bridgehead atoms. The molecule has 244 valence electrons. The van der Waals surface area contributed by atoms with Crippen molar-refractivity contribution in [2.75, 3.05) is 17.2 Å². The van der Waals surface area contributed by atoms with Crippen LogP contribution in [0, 0.1) is 28.1 Å². The number of benzene rings is 1. The molecule has 0 saturated heterocycles. The summed E-state index contributed by atoms with van der Waals surface area (Å²) in [6.45, 7) is 14.8. The van der Waals surface area contributed by atoms with Crippen molar-refractivity contribution in [1.29, 1.82) is 10.5 Å². The van der Waals surface area contributed by atoms with E-state index < -0.39 is 17.8 Å². The molecule has 2 aromatic heterocycles. The van der Waals surface area contributed by atoms with E-state index in [-0.39, 0.29) is 23.8 Å². The van der Waals surface area contributed by atoms with E-state index in [0.29, 0.717) is 56.9 Å². The van der Waals surface area contributed by atoms with Crippen LogP contribution >= 0.6 is 0 Å². The fourth-order valence-electron chi connectivity index (χ4n) is 5.35. The van der Waals surface area contributed by atoms with E-state index in [1.807, 2.05) is 26.0 Å². The Morgan fingerprint density at radius 2 is 1.91 bits per heavy atom. The second-order valence-corrected chi connectivity index (χ2v) is 12.8. The van der Waals surface area contributed by atoms with Gasteiger partial charge in [0.05, 0.1) is 39.8 Å². The number of fused-ring (bicyclic) bond motifs is 1. The summed E-state index contributed by atoms with van der Waals surface area (Å²) in [6.07, 6.45) is 4.92. The van der Waals surface area contributed by atoms with Crippen molar-refractivity contribution in [3.63, 3.8) is 0 Å². The summed E-state index contributed by atoms with van der Waals surface area (Å²) >= 11 is 0. The summed E-state index contributed by atoms with van der Waals surface area (Å²) in [6, 6.07) is 6.97. The lowest BCUT2D eigenvalue weighted by Gasteiger charge is -2.28. The first-order valence-electron chi connectivity index (χ1n) is 15.0. The molecule has 0 spiro atoms. The predicted octanol–water partition coefficient (Wildman–Crippen LogP) is 6.13. The Morgan fingerprint density at radius 3 is 2.49 bits per heavy atom. The Bertz CT molecular complexity index is 1860. The van der Waals surface area contributed by atoms with Crippen LogP contribution in [0.4, 0.5) is 24.5 Å². The normalized spacial score (nSPS) is 17.0. The summed E-state index contributed by atoms with van der Waals surface area (Å²) in [5.41, 5.74) is 7.69. The Labute approximate surface area is 271 Å². The molecule has 1 aliphatic heterocycles. The van der Waals surface area contributed by atoms with Gasteiger partial charge in [-0.15, -0.1) is 5.53 Å². The zero-order chi connectivity index (χ0) is 34.1. The molecule has 1 aromatic carbocycles. The number of nitriles is 2. The molecule has 3 heterocycles. The summed E-state index contributed by atoms with van der Waals surface area (Å²) in [5.74, 6) is 0. The van der Waals surface area contributed by atoms with Gasteiger partial charge >= 0.3 is 6.18 Å². The van der Waals surface area contributed by atoms with Gasteiger partial charge in [-0.3, -0.25) is 9.99 Å². The van der Waals surface area contributed by atoms with Crippen molar-refractivity contribution >= 4 is 28.0 Å². The van der Waals surface area contributed by atoms with Crippen LogP contribution in [0.15, 0.2) is 72.8 Å². The number of aromatic nitrogens is 4. The van der Waals surface area contributed by atoms with E-state index in [9.17, 15) is 23.7 Å². The number of hydrogen-bond donors (Lipinski definition) is 4. The van der Waals surface area contributed by atoms with Gasteiger partial charge in [-0.05, 0) is 61.5 Å². The molecule has 3 aromatic rings. The summed E-state index contributed by atoms with van der Waals surface area (Å²) in [7, 11) is 0. The lowest BCUT2D eigenvalue weighted by atomic mass is 9.95. The van der Waals surface area contributed by atoms with Crippen LogP contribution in [-0.4, -0.2) is 49.1 Å². The van der Waals surface area contributed by atoms with Crippen molar-refractivity contribution in [3.05, 3.63) is 83.9 Å².